The highest BCUT2D eigenvalue weighted by atomic mass is 32.2. The van der Waals surface area contributed by atoms with Gasteiger partial charge < -0.3 is 19.4 Å². The Morgan fingerprint density at radius 1 is 0.871 bits per heavy atom. The van der Waals surface area contributed by atoms with Crippen molar-refractivity contribution in [3.05, 3.63) is 36.2 Å². The maximum Gasteiger partial charge on any atom is 0.243 e. The molecule has 4 heterocycles. The minimum atomic E-state index is -3.51. The first-order chi connectivity index (χ1) is 15.0. The highest BCUT2D eigenvalue weighted by molar-refractivity contribution is 7.89. The van der Waals surface area contributed by atoms with Crippen LogP contribution >= 0.6 is 0 Å². The summed E-state index contributed by atoms with van der Waals surface area (Å²) in [6, 6.07) is 7.21. The number of benzene rings is 1. The Kier molecular flexibility index (Phi) is 5.45. The Bertz CT molecular complexity index is 1050. The summed E-state index contributed by atoms with van der Waals surface area (Å²) in [5.74, 6) is 2.59. The molecule has 166 valence electrons. The fourth-order valence-electron chi connectivity index (χ4n) is 4.35. The van der Waals surface area contributed by atoms with Crippen molar-refractivity contribution in [2.75, 3.05) is 75.8 Å². The largest absolute Gasteiger partial charge is 0.493 e. The lowest BCUT2D eigenvalue weighted by molar-refractivity contribution is 0.312. The molecule has 2 fully saturated rings. The lowest BCUT2D eigenvalue weighted by Crippen LogP contribution is -2.49. The number of aromatic nitrogens is 2. The molecule has 0 aliphatic carbocycles. The first-order valence-corrected chi connectivity index (χ1v) is 12.2. The van der Waals surface area contributed by atoms with Crippen LogP contribution in [-0.2, 0) is 16.4 Å². The van der Waals surface area contributed by atoms with Gasteiger partial charge in [-0.25, -0.2) is 18.4 Å². The average molecular weight is 445 g/mol. The minimum Gasteiger partial charge on any atom is -0.493 e. The second-order valence-corrected chi connectivity index (χ2v) is 10.2. The number of sulfonamides is 1. The van der Waals surface area contributed by atoms with Crippen molar-refractivity contribution in [3.8, 4) is 5.75 Å². The van der Waals surface area contributed by atoms with Gasteiger partial charge in [0.1, 0.15) is 23.7 Å². The monoisotopic (exact) mass is 444 g/mol. The van der Waals surface area contributed by atoms with Gasteiger partial charge >= 0.3 is 0 Å². The zero-order valence-corrected chi connectivity index (χ0v) is 18.6. The van der Waals surface area contributed by atoms with E-state index in [9.17, 15) is 8.42 Å². The van der Waals surface area contributed by atoms with Crippen LogP contribution in [-0.4, -0.2) is 93.6 Å². The number of likely N-dealkylation sites (N-methyl/N-ethyl adjacent to an activating group) is 1. The Balaban J connectivity index is 1.26. The van der Waals surface area contributed by atoms with Crippen molar-refractivity contribution in [3.63, 3.8) is 0 Å². The molecule has 1 aromatic carbocycles. The van der Waals surface area contributed by atoms with Crippen LogP contribution < -0.4 is 14.5 Å². The molecule has 31 heavy (non-hydrogen) atoms. The van der Waals surface area contributed by atoms with E-state index in [2.05, 4.69) is 31.7 Å². The van der Waals surface area contributed by atoms with Gasteiger partial charge in [0, 0.05) is 64.8 Å². The van der Waals surface area contributed by atoms with Crippen LogP contribution in [0.3, 0.4) is 0 Å². The third-order valence-corrected chi connectivity index (χ3v) is 8.22. The summed E-state index contributed by atoms with van der Waals surface area (Å²) in [5.41, 5.74) is 0.970. The van der Waals surface area contributed by atoms with Gasteiger partial charge in [0.05, 0.1) is 11.5 Å². The van der Waals surface area contributed by atoms with Crippen LogP contribution in [0.2, 0.25) is 0 Å². The molecule has 9 nitrogen and oxygen atoms in total. The topological polar surface area (TPSA) is 82.1 Å². The van der Waals surface area contributed by atoms with E-state index in [0.29, 0.717) is 37.7 Å². The van der Waals surface area contributed by atoms with Crippen LogP contribution in [0, 0.1) is 0 Å². The van der Waals surface area contributed by atoms with Crippen LogP contribution in [0.4, 0.5) is 11.6 Å². The van der Waals surface area contributed by atoms with E-state index in [1.54, 1.807) is 28.8 Å². The van der Waals surface area contributed by atoms with E-state index < -0.39 is 10.0 Å². The molecule has 0 spiro atoms. The maximum absolute atomic E-state index is 13.1. The van der Waals surface area contributed by atoms with Gasteiger partial charge in [-0.15, -0.1) is 0 Å². The van der Waals surface area contributed by atoms with Crippen molar-refractivity contribution in [1.82, 2.24) is 19.2 Å². The van der Waals surface area contributed by atoms with Crippen molar-refractivity contribution < 1.29 is 13.2 Å². The summed E-state index contributed by atoms with van der Waals surface area (Å²) in [6.07, 6.45) is 2.37. The van der Waals surface area contributed by atoms with Crippen molar-refractivity contribution in [1.29, 1.82) is 0 Å². The summed E-state index contributed by atoms with van der Waals surface area (Å²) in [5, 5.41) is 0. The number of piperazine rings is 2. The van der Waals surface area contributed by atoms with Crippen LogP contribution in [0.25, 0.3) is 0 Å². The Labute approximate surface area is 183 Å². The van der Waals surface area contributed by atoms with E-state index in [1.807, 2.05) is 6.07 Å². The van der Waals surface area contributed by atoms with Crippen molar-refractivity contribution >= 4 is 21.7 Å². The summed E-state index contributed by atoms with van der Waals surface area (Å²) in [6.45, 7) is 6.63. The van der Waals surface area contributed by atoms with Crippen molar-refractivity contribution in [2.24, 2.45) is 0 Å². The molecule has 2 saturated heterocycles. The molecule has 0 bridgehead atoms. The quantitative estimate of drug-likeness (QED) is 0.681. The van der Waals surface area contributed by atoms with Gasteiger partial charge in [0.15, 0.2) is 0 Å². The molecule has 0 unspecified atom stereocenters. The number of hydrogen-bond donors (Lipinski definition) is 0. The number of anilines is 2. The van der Waals surface area contributed by atoms with E-state index in [-0.39, 0.29) is 0 Å². The molecule has 10 heteroatoms. The lowest BCUT2D eigenvalue weighted by Gasteiger charge is -2.36. The van der Waals surface area contributed by atoms with Gasteiger partial charge in [0.2, 0.25) is 10.0 Å². The average Bonchev–Trinajstić information content (AvgIpc) is 3.28. The zero-order chi connectivity index (χ0) is 21.4. The fraction of sp³-hybridized carbons (Fsp3) is 0.524. The standard InChI is InChI=1S/C21H28N6O3S/c1-24-5-7-25(8-6-24)20-15-21(23-16-22-20)26-9-11-27(12-10-26)31(28,29)18-2-3-19-17(14-18)4-13-30-19/h2-3,14-16H,4-13H2,1H3. The molecule has 0 amide bonds. The van der Waals surface area contributed by atoms with Crippen LogP contribution in [0.15, 0.2) is 35.5 Å². The molecular formula is C21H28N6O3S. The summed E-state index contributed by atoms with van der Waals surface area (Å²) >= 11 is 0. The number of fused-ring (bicyclic) bond motifs is 1. The normalized spacial score (nSPS) is 20.5. The van der Waals surface area contributed by atoms with Gasteiger partial charge in [-0.3, -0.25) is 0 Å². The smallest absolute Gasteiger partial charge is 0.243 e. The molecular weight excluding hydrogens is 416 g/mol. The maximum atomic E-state index is 13.1. The third kappa shape index (κ3) is 4.07. The predicted octanol–water partition coefficient (Wildman–Crippen LogP) is 0.674. The first-order valence-electron chi connectivity index (χ1n) is 10.8. The van der Waals surface area contributed by atoms with E-state index in [4.69, 9.17) is 4.74 Å². The second-order valence-electron chi connectivity index (χ2n) is 8.28. The molecule has 5 rings (SSSR count). The molecule has 3 aliphatic rings. The Morgan fingerprint density at radius 3 is 2.19 bits per heavy atom. The molecule has 2 aromatic rings. The highest BCUT2D eigenvalue weighted by Gasteiger charge is 2.30. The first kappa shape index (κ1) is 20.5. The Hall–Kier alpha value is -2.43. The predicted molar refractivity (Wildman–Crippen MR) is 118 cm³/mol. The summed E-state index contributed by atoms with van der Waals surface area (Å²) in [7, 11) is -1.38. The van der Waals surface area contributed by atoms with E-state index in [1.165, 1.54) is 0 Å². The zero-order valence-electron chi connectivity index (χ0n) is 17.8. The molecule has 3 aliphatic heterocycles. The van der Waals surface area contributed by atoms with Gasteiger partial charge in [-0.05, 0) is 30.8 Å². The van der Waals surface area contributed by atoms with Crippen LogP contribution in [0.1, 0.15) is 5.56 Å². The van der Waals surface area contributed by atoms with Gasteiger partial charge in [-0.1, -0.05) is 0 Å². The Morgan fingerprint density at radius 2 is 1.52 bits per heavy atom. The third-order valence-electron chi connectivity index (χ3n) is 6.33. The van der Waals surface area contributed by atoms with Crippen LogP contribution in [0.5, 0.6) is 5.75 Å². The highest BCUT2D eigenvalue weighted by Crippen LogP contribution is 2.29. The van der Waals surface area contributed by atoms with Gasteiger partial charge in [0.25, 0.3) is 0 Å². The van der Waals surface area contributed by atoms with E-state index >= 15 is 0 Å². The molecule has 0 atom stereocenters. The lowest BCUT2D eigenvalue weighted by atomic mass is 10.2. The van der Waals surface area contributed by atoms with E-state index in [0.717, 1.165) is 55.5 Å². The minimum absolute atomic E-state index is 0.351. The summed E-state index contributed by atoms with van der Waals surface area (Å²) < 4.78 is 33.4. The molecule has 0 N–H and O–H groups in total. The number of nitrogens with zero attached hydrogens (tertiary/aromatic N) is 6. The number of ether oxygens (including phenoxy) is 1. The molecule has 0 radical (unpaired) electrons. The fourth-order valence-corrected chi connectivity index (χ4v) is 5.82. The molecule has 0 saturated carbocycles. The SMILES string of the molecule is CN1CCN(c2cc(N3CCN(S(=O)(=O)c4ccc5c(c4)CCO5)CC3)ncn2)CC1. The second kappa shape index (κ2) is 8.25. The molecule has 1 aromatic heterocycles. The van der Waals surface area contributed by atoms with Crippen molar-refractivity contribution in [2.45, 2.75) is 11.3 Å². The number of rotatable bonds is 4. The summed E-state index contributed by atoms with van der Waals surface area (Å²) in [4.78, 5) is 16.0. The van der Waals surface area contributed by atoms with Gasteiger partial charge in [-0.2, -0.15) is 4.31 Å². The number of hydrogen-bond acceptors (Lipinski definition) is 8.